The maximum atomic E-state index is 6.30. The van der Waals surface area contributed by atoms with Gasteiger partial charge in [0.2, 0.25) is 0 Å². The van der Waals surface area contributed by atoms with Crippen molar-refractivity contribution in [2.45, 2.75) is 0 Å². The largest absolute Gasteiger partial charge is 0.495 e. The Balaban J connectivity index is 2.03. The first-order valence-electron chi connectivity index (χ1n) is 6.75. The number of nitrogens with zero attached hydrogens (tertiary/aromatic N) is 2. The fourth-order valence-electron chi connectivity index (χ4n) is 2.41. The highest BCUT2D eigenvalue weighted by atomic mass is 35.5. The van der Waals surface area contributed by atoms with Gasteiger partial charge in [0.05, 0.1) is 30.1 Å². The number of hydrogen-bond donors (Lipinski definition) is 1. The van der Waals surface area contributed by atoms with Gasteiger partial charge in [-0.3, -0.25) is 4.90 Å². The Kier molecular flexibility index (Phi) is 5.34. The molecular formula is C14H22ClN3O2. The van der Waals surface area contributed by atoms with Crippen molar-refractivity contribution >= 4 is 23.0 Å². The van der Waals surface area contributed by atoms with Crippen LogP contribution in [0.1, 0.15) is 0 Å². The fourth-order valence-corrected chi connectivity index (χ4v) is 2.70. The van der Waals surface area contributed by atoms with Crippen molar-refractivity contribution in [3.63, 3.8) is 0 Å². The SMILES string of the molecule is COCCN1CCN(c2cc(OC)c(N)cc2Cl)CC1. The lowest BCUT2D eigenvalue weighted by atomic mass is 10.2. The Bertz CT molecular complexity index is 448. The van der Waals surface area contributed by atoms with Gasteiger partial charge in [-0.05, 0) is 6.07 Å². The molecule has 0 amide bonds. The number of nitrogens with two attached hydrogens (primary N) is 1. The molecule has 112 valence electrons. The summed E-state index contributed by atoms with van der Waals surface area (Å²) in [6, 6.07) is 3.68. The highest BCUT2D eigenvalue weighted by molar-refractivity contribution is 6.33. The van der Waals surface area contributed by atoms with Crippen LogP contribution in [0.25, 0.3) is 0 Å². The van der Waals surface area contributed by atoms with Crippen LogP contribution in [0, 0.1) is 0 Å². The monoisotopic (exact) mass is 299 g/mol. The Hall–Kier alpha value is -1.17. The molecule has 2 rings (SSSR count). The molecule has 5 nitrogen and oxygen atoms in total. The van der Waals surface area contributed by atoms with E-state index in [1.807, 2.05) is 6.07 Å². The number of anilines is 2. The van der Waals surface area contributed by atoms with E-state index in [1.54, 1.807) is 20.3 Å². The van der Waals surface area contributed by atoms with Gasteiger partial charge in [-0.15, -0.1) is 0 Å². The van der Waals surface area contributed by atoms with E-state index in [1.165, 1.54) is 0 Å². The summed E-state index contributed by atoms with van der Waals surface area (Å²) in [6.07, 6.45) is 0. The third-order valence-electron chi connectivity index (χ3n) is 3.62. The van der Waals surface area contributed by atoms with Crippen molar-refractivity contribution in [2.24, 2.45) is 0 Å². The van der Waals surface area contributed by atoms with Gasteiger partial charge in [0, 0.05) is 45.9 Å². The Morgan fingerprint density at radius 3 is 2.50 bits per heavy atom. The maximum absolute atomic E-state index is 6.30. The first-order valence-corrected chi connectivity index (χ1v) is 7.12. The second-order valence-corrected chi connectivity index (χ2v) is 5.27. The van der Waals surface area contributed by atoms with Crippen LogP contribution in [0.4, 0.5) is 11.4 Å². The van der Waals surface area contributed by atoms with Gasteiger partial charge in [0.15, 0.2) is 0 Å². The normalized spacial score (nSPS) is 16.4. The molecule has 0 saturated carbocycles. The predicted octanol–water partition coefficient (Wildman–Crippen LogP) is 1.70. The Morgan fingerprint density at radius 1 is 1.20 bits per heavy atom. The molecule has 1 fully saturated rings. The second kappa shape index (κ2) is 7.02. The molecule has 1 aromatic carbocycles. The topological polar surface area (TPSA) is 51.0 Å². The molecule has 1 saturated heterocycles. The van der Waals surface area contributed by atoms with Crippen molar-refractivity contribution in [2.75, 3.05) is 64.2 Å². The zero-order chi connectivity index (χ0) is 14.5. The number of hydrogen-bond acceptors (Lipinski definition) is 5. The molecule has 0 spiro atoms. The van der Waals surface area contributed by atoms with E-state index in [9.17, 15) is 0 Å². The summed E-state index contributed by atoms with van der Waals surface area (Å²) < 4.78 is 10.4. The molecular weight excluding hydrogens is 278 g/mol. The number of halogens is 1. The van der Waals surface area contributed by atoms with Crippen molar-refractivity contribution in [1.29, 1.82) is 0 Å². The fraction of sp³-hybridized carbons (Fsp3) is 0.571. The molecule has 0 aromatic heterocycles. The van der Waals surface area contributed by atoms with Crippen LogP contribution in [0.2, 0.25) is 5.02 Å². The molecule has 1 aliphatic heterocycles. The van der Waals surface area contributed by atoms with Gasteiger partial charge >= 0.3 is 0 Å². The zero-order valence-corrected chi connectivity index (χ0v) is 12.8. The maximum Gasteiger partial charge on any atom is 0.143 e. The van der Waals surface area contributed by atoms with Gasteiger partial charge in [-0.2, -0.15) is 0 Å². The minimum absolute atomic E-state index is 0.569. The Labute approximate surface area is 125 Å². The first kappa shape index (κ1) is 15.2. The average Bonchev–Trinajstić information content (AvgIpc) is 2.46. The van der Waals surface area contributed by atoms with E-state index < -0.39 is 0 Å². The minimum Gasteiger partial charge on any atom is -0.495 e. The van der Waals surface area contributed by atoms with E-state index in [4.69, 9.17) is 26.8 Å². The summed E-state index contributed by atoms with van der Waals surface area (Å²) in [6.45, 7) is 5.64. The quantitative estimate of drug-likeness (QED) is 0.839. The Morgan fingerprint density at radius 2 is 1.90 bits per heavy atom. The van der Waals surface area contributed by atoms with Gasteiger partial charge in [0.25, 0.3) is 0 Å². The average molecular weight is 300 g/mol. The van der Waals surface area contributed by atoms with Crippen LogP contribution in [0.5, 0.6) is 5.75 Å². The van der Waals surface area contributed by atoms with Crippen LogP contribution in [0.3, 0.4) is 0 Å². The summed E-state index contributed by atoms with van der Waals surface area (Å²) in [5.41, 5.74) is 7.42. The van der Waals surface area contributed by atoms with Gasteiger partial charge in [0.1, 0.15) is 5.75 Å². The van der Waals surface area contributed by atoms with Gasteiger partial charge < -0.3 is 20.1 Å². The summed E-state index contributed by atoms with van der Waals surface area (Å²) >= 11 is 6.30. The van der Waals surface area contributed by atoms with E-state index in [2.05, 4.69) is 9.80 Å². The summed E-state index contributed by atoms with van der Waals surface area (Å²) in [5, 5.41) is 0.675. The van der Waals surface area contributed by atoms with Gasteiger partial charge in [-0.25, -0.2) is 0 Å². The molecule has 1 aromatic rings. The van der Waals surface area contributed by atoms with E-state index in [-0.39, 0.29) is 0 Å². The van der Waals surface area contributed by atoms with E-state index >= 15 is 0 Å². The lowest BCUT2D eigenvalue weighted by molar-refractivity contribution is 0.144. The third kappa shape index (κ3) is 3.48. The van der Waals surface area contributed by atoms with Crippen molar-refractivity contribution in [1.82, 2.24) is 4.90 Å². The number of nitrogen functional groups attached to an aromatic ring is 1. The lowest BCUT2D eigenvalue weighted by Crippen LogP contribution is -2.47. The summed E-state index contributed by atoms with van der Waals surface area (Å²) in [5.74, 6) is 0.672. The smallest absolute Gasteiger partial charge is 0.143 e. The molecule has 6 heteroatoms. The van der Waals surface area contributed by atoms with Crippen LogP contribution >= 0.6 is 11.6 Å². The predicted molar refractivity (Wildman–Crippen MR) is 82.9 cm³/mol. The van der Waals surface area contributed by atoms with Gasteiger partial charge in [-0.1, -0.05) is 11.6 Å². The van der Waals surface area contributed by atoms with Crippen LogP contribution < -0.4 is 15.4 Å². The molecule has 2 N–H and O–H groups in total. The lowest BCUT2D eigenvalue weighted by Gasteiger charge is -2.36. The number of rotatable bonds is 5. The van der Waals surface area contributed by atoms with E-state index in [0.29, 0.717) is 16.5 Å². The molecule has 1 heterocycles. The standard InChI is InChI=1S/C14H22ClN3O2/c1-19-8-7-17-3-5-18(6-4-17)13-10-14(20-2)12(16)9-11(13)15/h9-10H,3-8,16H2,1-2H3. The van der Waals surface area contributed by atoms with Crippen LogP contribution in [-0.4, -0.2) is 58.5 Å². The molecule has 0 radical (unpaired) electrons. The third-order valence-corrected chi connectivity index (χ3v) is 3.93. The number of ether oxygens (including phenoxy) is 2. The van der Waals surface area contributed by atoms with Crippen LogP contribution in [0.15, 0.2) is 12.1 Å². The summed E-state index contributed by atoms with van der Waals surface area (Å²) in [7, 11) is 3.35. The molecule has 0 unspecified atom stereocenters. The zero-order valence-electron chi connectivity index (χ0n) is 12.1. The van der Waals surface area contributed by atoms with E-state index in [0.717, 1.165) is 45.0 Å². The van der Waals surface area contributed by atoms with Crippen molar-refractivity contribution in [3.8, 4) is 5.75 Å². The summed E-state index contributed by atoms with van der Waals surface area (Å²) in [4.78, 5) is 4.66. The van der Waals surface area contributed by atoms with Crippen LogP contribution in [-0.2, 0) is 4.74 Å². The first-order chi connectivity index (χ1) is 9.65. The highest BCUT2D eigenvalue weighted by Crippen LogP contribution is 2.35. The molecule has 0 atom stereocenters. The minimum atomic E-state index is 0.569. The van der Waals surface area contributed by atoms with Crippen molar-refractivity contribution in [3.05, 3.63) is 17.2 Å². The molecule has 0 aliphatic carbocycles. The molecule has 0 bridgehead atoms. The molecule has 20 heavy (non-hydrogen) atoms. The number of benzene rings is 1. The second-order valence-electron chi connectivity index (χ2n) is 4.87. The number of methoxy groups -OCH3 is 2. The highest BCUT2D eigenvalue weighted by Gasteiger charge is 2.20. The number of piperazine rings is 1. The molecule has 1 aliphatic rings. The van der Waals surface area contributed by atoms with Crippen molar-refractivity contribution < 1.29 is 9.47 Å².